The molecule has 29 heavy (non-hydrogen) atoms. The van der Waals surface area contributed by atoms with Crippen LogP contribution in [0.3, 0.4) is 0 Å². The Morgan fingerprint density at radius 3 is 1.97 bits per heavy atom. The average Bonchev–Trinajstić information content (AvgIpc) is 2.72. The van der Waals surface area contributed by atoms with E-state index < -0.39 is 21.8 Å². The molecule has 0 saturated carbocycles. The fourth-order valence-corrected chi connectivity index (χ4v) is 3.65. The van der Waals surface area contributed by atoms with Gasteiger partial charge in [0.2, 0.25) is 0 Å². The van der Waals surface area contributed by atoms with Gasteiger partial charge in [0.1, 0.15) is 0 Å². The summed E-state index contributed by atoms with van der Waals surface area (Å²) in [4.78, 5) is 24.4. The number of anilines is 1. The van der Waals surface area contributed by atoms with Crippen LogP contribution in [0.5, 0.6) is 0 Å². The number of amides is 2. The molecule has 8 heteroatoms. The molecule has 0 bridgehead atoms. The molecule has 0 aliphatic carbocycles. The molecule has 3 aromatic carbocycles. The largest absolute Gasteiger partial charge is 0.280 e. The van der Waals surface area contributed by atoms with Crippen molar-refractivity contribution in [3.63, 3.8) is 0 Å². The Morgan fingerprint density at radius 2 is 1.31 bits per heavy atom. The van der Waals surface area contributed by atoms with Crippen LogP contribution in [0, 0.1) is 6.92 Å². The Morgan fingerprint density at radius 1 is 0.724 bits per heavy atom. The van der Waals surface area contributed by atoms with E-state index in [1.165, 1.54) is 24.3 Å². The van der Waals surface area contributed by atoms with Crippen LogP contribution in [0.4, 0.5) is 5.69 Å². The van der Waals surface area contributed by atoms with Crippen LogP contribution in [-0.4, -0.2) is 20.2 Å². The normalized spacial score (nSPS) is 10.8. The topological polar surface area (TPSA) is 104 Å². The maximum Gasteiger partial charge on any atom is 0.269 e. The summed E-state index contributed by atoms with van der Waals surface area (Å²) in [7, 11) is -3.77. The zero-order chi connectivity index (χ0) is 20.9. The number of carbonyl (C=O) groups is 2. The van der Waals surface area contributed by atoms with Crippen molar-refractivity contribution in [3.8, 4) is 0 Å². The molecule has 0 heterocycles. The summed E-state index contributed by atoms with van der Waals surface area (Å²) < 4.78 is 27.3. The molecule has 0 saturated heterocycles. The predicted octanol–water partition coefficient (Wildman–Crippen LogP) is 2.87. The number of hydrazine groups is 1. The lowest BCUT2D eigenvalue weighted by molar-refractivity contribution is 0.0846. The summed E-state index contributed by atoms with van der Waals surface area (Å²) in [6, 6.07) is 20.9. The summed E-state index contributed by atoms with van der Waals surface area (Å²) in [6.45, 7) is 1.79. The maximum atomic E-state index is 12.4. The number of hydrogen-bond donors (Lipinski definition) is 3. The minimum atomic E-state index is -3.77. The van der Waals surface area contributed by atoms with Crippen molar-refractivity contribution in [2.45, 2.75) is 11.8 Å². The third-order valence-corrected chi connectivity index (χ3v) is 5.53. The van der Waals surface area contributed by atoms with Crippen LogP contribution in [0.1, 0.15) is 26.3 Å². The van der Waals surface area contributed by atoms with Gasteiger partial charge in [-0.1, -0.05) is 36.4 Å². The van der Waals surface area contributed by atoms with E-state index >= 15 is 0 Å². The van der Waals surface area contributed by atoms with Crippen molar-refractivity contribution in [2.75, 3.05) is 4.72 Å². The summed E-state index contributed by atoms with van der Waals surface area (Å²) in [5.74, 6) is -1.00. The smallest absolute Gasteiger partial charge is 0.269 e. The van der Waals surface area contributed by atoms with Crippen LogP contribution in [0.2, 0.25) is 0 Å². The Hall–Kier alpha value is -3.65. The molecule has 3 rings (SSSR count). The average molecular weight is 409 g/mol. The number of rotatable bonds is 5. The molecule has 0 fully saturated rings. The van der Waals surface area contributed by atoms with Gasteiger partial charge < -0.3 is 0 Å². The van der Waals surface area contributed by atoms with Crippen molar-refractivity contribution < 1.29 is 18.0 Å². The van der Waals surface area contributed by atoms with Gasteiger partial charge in [0.25, 0.3) is 21.8 Å². The third kappa shape index (κ3) is 4.99. The van der Waals surface area contributed by atoms with Crippen LogP contribution < -0.4 is 15.6 Å². The highest BCUT2D eigenvalue weighted by Crippen LogP contribution is 2.16. The minimum Gasteiger partial charge on any atom is -0.280 e. The second kappa shape index (κ2) is 8.57. The van der Waals surface area contributed by atoms with E-state index in [2.05, 4.69) is 15.6 Å². The van der Waals surface area contributed by atoms with Gasteiger partial charge in [-0.05, 0) is 55.0 Å². The molecule has 7 nitrogen and oxygen atoms in total. The molecule has 0 radical (unpaired) electrons. The molecular formula is C21H19N3O4S. The van der Waals surface area contributed by atoms with Crippen molar-refractivity contribution >= 4 is 27.5 Å². The SMILES string of the molecule is Cc1ccccc1C(=O)NNC(=O)c1ccc(S(=O)(=O)Nc2ccccc2)cc1. The van der Waals surface area contributed by atoms with E-state index in [4.69, 9.17) is 0 Å². The third-order valence-electron chi connectivity index (χ3n) is 4.13. The predicted molar refractivity (Wildman–Crippen MR) is 110 cm³/mol. The second-order valence-corrected chi connectivity index (χ2v) is 7.90. The lowest BCUT2D eigenvalue weighted by Crippen LogP contribution is -2.41. The van der Waals surface area contributed by atoms with Crippen molar-refractivity contribution in [1.82, 2.24) is 10.9 Å². The first-order valence-electron chi connectivity index (χ1n) is 8.71. The van der Waals surface area contributed by atoms with Gasteiger partial charge in [0.15, 0.2) is 0 Å². The number of nitrogens with one attached hydrogen (secondary N) is 3. The van der Waals surface area contributed by atoms with Crippen LogP contribution in [0.25, 0.3) is 0 Å². The zero-order valence-corrected chi connectivity index (χ0v) is 16.4. The molecule has 3 N–H and O–H groups in total. The summed E-state index contributed by atoms with van der Waals surface area (Å²) in [5, 5.41) is 0. The Bertz CT molecular complexity index is 1130. The number of sulfonamides is 1. The molecule has 2 amide bonds. The first kappa shape index (κ1) is 20.1. The van der Waals surface area contributed by atoms with Gasteiger partial charge in [-0.25, -0.2) is 8.42 Å². The maximum absolute atomic E-state index is 12.4. The summed E-state index contributed by atoms with van der Waals surface area (Å²) in [6.07, 6.45) is 0. The molecular weight excluding hydrogens is 390 g/mol. The molecule has 0 aliphatic rings. The number of aryl methyl sites for hydroxylation is 1. The second-order valence-electron chi connectivity index (χ2n) is 6.22. The quantitative estimate of drug-likeness (QED) is 0.564. The number of carbonyl (C=O) groups excluding carboxylic acids is 2. The highest BCUT2D eigenvalue weighted by atomic mass is 32.2. The van der Waals surface area contributed by atoms with Gasteiger partial charge in [0, 0.05) is 16.8 Å². The number of benzene rings is 3. The van der Waals surface area contributed by atoms with Crippen LogP contribution in [0.15, 0.2) is 83.8 Å². The van der Waals surface area contributed by atoms with Crippen molar-refractivity contribution in [2.24, 2.45) is 0 Å². The van der Waals surface area contributed by atoms with E-state index in [1.54, 1.807) is 55.5 Å². The first-order valence-corrected chi connectivity index (χ1v) is 10.2. The van der Waals surface area contributed by atoms with Gasteiger partial charge in [0.05, 0.1) is 4.90 Å². The van der Waals surface area contributed by atoms with Crippen molar-refractivity contribution in [1.29, 1.82) is 0 Å². The number of para-hydroxylation sites is 1. The standard InChI is InChI=1S/C21H19N3O4S/c1-15-7-5-6-10-19(15)21(26)23-22-20(25)16-11-13-18(14-12-16)29(27,28)24-17-8-3-2-4-9-17/h2-14,24H,1H3,(H,22,25)(H,23,26). The molecule has 0 atom stereocenters. The van der Waals surface area contributed by atoms with Crippen LogP contribution in [-0.2, 0) is 10.0 Å². The van der Waals surface area contributed by atoms with Crippen molar-refractivity contribution in [3.05, 3.63) is 95.6 Å². The fraction of sp³-hybridized carbons (Fsp3) is 0.0476. The summed E-state index contributed by atoms with van der Waals surface area (Å²) in [5.41, 5.74) is 6.53. The van der Waals surface area contributed by atoms with E-state index in [-0.39, 0.29) is 10.5 Å². The molecule has 0 unspecified atom stereocenters. The summed E-state index contributed by atoms with van der Waals surface area (Å²) >= 11 is 0. The van der Waals surface area contributed by atoms with E-state index in [0.717, 1.165) is 5.56 Å². The van der Waals surface area contributed by atoms with Gasteiger partial charge in [-0.15, -0.1) is 0 Å². The number of hydrogen-bond acceptors (Lipinski definition) is 4. The molecule has 3 aromatic rings. The fourth-order valence-electron chi connectivity index (χ4n) is 2.59. The van der Waals surface area contributed by atoms with E-state index in [1.807, 2.05) is 6.07 Å². The van der Waals surface area contributed by atoms with Gasteiger partial charge >= 0.3 is 0 Å². The lowest BCUT2D eigenvalue weighted by atomic mass is 10.1. The molecule has 0 aromatic heterocycles. The lowest BCUT2D eigenvalue weighted by Gasteiger charge is -2.10. The minimum absolute atomic E-state index is 0.0156. The zero-order valence-electron chi connectivity index (χ0n) is 15.5. The van der Waals surface area contributed by atoms with E-state index in [9.17, 15) is 18.0 Å². The highest BCUT2D eigenvalue weighted by molar-refractivity contribution is 7.92. The van der Waals surface area contributed by atoms with Crippen LogP contribution >= 0.6 is 0 Å². The molecule has 0 aliphatic heterocycles. The Kier molecular flexibility index (Phi) is 5.94. The van der Waals surface area contributed by atoms with Gasteiger partial charge in [-0.2, -0.15) is 0 Å². The Balaban J connectivity index is 1.64. The van der Waals surface area contributed by atoms with E-state index in [0.29, 0.717) is 11.3 Å². The van der Waals surface area contributed by atoms with Gasteiger partial charge in [-0.3, -0.25) is 25.2 Å². The molecule has 148 valence electrons. The Labute approximate surface area is 168 Å². The monoisotopic (exact) mass is 409 g/mol. The molecule has 0 spiro atoms. The highest BCUT2D eigenvalue weighted by Gasteiger charge is 2.16. The first-order chi connectivity index (χ1) is 13.9.